The lowest BCUT2D eigenvalue weighted by Gasteiger charge is -2.10. The third kappa shape index (κ3) is 3.81. The minimum absolute atomic E-state index is 0.197. The summed E-state index contributed by atoms with van der Waals surface area (Å²) in [7, 11) is -3.67. The first kappa shape index (κ1) is 15.0. The quantitative estimate of drug-likeness (QED) is 0.841. The minimum Gasteiger partial charge on any atom is -0.320 e. The van der Waals surface area contributed by atoms with Gasteiger partial charge in [0.15, 0.2) is 0 Å². The first-order valence-electron chi connectivity index (χ1n) is 6.25. The van der Waals surface area contributed by atoms with Crippen LogP contribution in [0.4, 0.5) is 5.69 Å². The van der Waals surface area contributed by atoms with E-state index in [0.717, 1.165) is 0 Å². The zero-order chi connectivity index (χ0) is 15.3. The highest BCUT2D eigenvalue weighted by molar-refractivity contribution is 7.92. The van der Waals surface area contributed by atoms with Gasteiger partial charge < -0.3 is 5.73 Å². The van der Waals surface area contributed by atoms with Crippen molar-refractivity contribution in [2.75, 3.05) is 11.3 Å². The van der Waals surface area contributed by atoms with Crippen LogP contribution in [0.15, 0.2) is 47.6 Å². The molecule has 2 rings (SSSR count). The highest BCUT2D eigenvalue weighted by atomic mass is 32.2. The van der Waals surface area contributed by atoms with Gasteiger partial charge >= 0.3 is 0 Å². The summed E-state index contributed by atoms with van der Waals surface area (Å²) in [4.78, 5) is 4.05. The molecular weight excluding hydrogens is 286 g/mol. The molecule has 0 fully saturated rings. The topological polar surface area (TPSA) is 85.1 Å². The molecule has 6 heteroatoms. The molecule has 2 aromatic rings. The number of rotatable bonds is 3. The van der Waals surface area contributed by atoms with Crippen LogP contribution in [-0.4, -0.2) is 19.9 Å². The average Bonchev–Trinajstić information content (AvgIpc) is 2.47. The largest absolute Gasteiger partial charge is 0.320 e. The van der Waals surface area contributed by atoms with Crippen LogP contribution in [0.25, 0.3) is 0 Å². The summed E-state index contributed by atoms with van der Waals surface area (Å²) in [6.07, 6.45) is 3.04. The van der Waals surface area contributed by atoms with Crippen molar-refractivity contribution in [2.45, 2.75) is 11.8 Å². The molecular formula is C15H15N3O2S. The number of hydrogen-bond donors (Lipinski definition) is 2. The molecule has 0 amide bonds. The fourth-order valence-corrected chi connectivity index (χ4v) is 3.08. The molecule has 0 unspecified atom stereocenters. The summed E-state index contributed by atoms with van der Waals surface area (Å²) in [5.41, 5.74) is 7.04. The lowest BCUT2D eigenvalue weighted by atomic mass is 10.1. The van der Waals surface area contributed by atoms with Crippen LogP contribution in [0.2, 0.25) is 0 Å². The molecule has 0 spiro atoms. The van der Waals surface area contributed by atoms with Crippen molar-refractivity contribution in [3.63, 3.8) is 0 Å². The Hall–Kier alpha value is -2.36. The first-order valence-corrected chi connectivity index (χ1v) is 7.73. The van der Waals surface area contributed by atoms with E-state index >= 15 is 0 Å². The Morgan fingerprint density at radius 3 is 2.62 bits per heavy atom. The smallest absolute Gasteiger partial charge is 0.262 e. The fraction of sp³-hybridized carbons (Fsp3) is 0.133. The van der Waals surface area contributed by atoms with Gasteiger partial charge in [0.1, 0.15) is 0 Å². The number of pyridine rings is 1. The molecule has 0 bridgehead atoms. The predicted octanol–water partition coefficient (Wildman–Crippen LogP) is 1.50. The second-order valence-electron chi connectivity index (χ2n) is 4.33. The van der Waals surface area contributed by atoms with Crippen molar-refractivity contribution in [1.82, 2.24) is 4.98 Å². The zero-order valence-corrected chi connectivity index (χ0v) is 12.3. The van der Waals surface area contributed by atoms with Crippen LogP contribution in [0.3, 0.4) is 0 Å². The van der Waals surface area contributed by atoms with Crippen LogP contribution < -0.4 is 10.5 Å². The number of anilines is 1. The van der Waals surface area contributed by atoms with E-state index in [1.54, 1.807) is 37.3 Å². The molecule has 21 heavy (non-hydrogen) atoms. The standard InChI is InChI=1S/C15H15N3O2S/c1-12-4-5-13(3-2-8-16)11-15(12)21(19,20)18-14-6-9-17-10-7-14/h4-7,9-11H,8,16H2,1H3,(H,17,18). The number of aryl methyl sites for hydroxylation is 1. The van der Waals surface area contributed by atoms with Crippen LogP contribution in [0, 0.1) is 18.8 Å². The van der Waals surface area contributed by atoms with Crippen LogP contribution >= 0.6 is 0 Å². The van der Waals surface area contributed by atoms with Gasteiger partial charge in [0.25, 0.3) is 10.0 Å². The molecule has 1 aromatic carbocycles. The number of nitrogens with two attached hydrogens (primary N) is 1. The highest BCUT2D eigenvalue weighted by Gasteiger charge is 2.17. The number of nitrogens with zero attached hydrogens (tertiary/aromatic N) is 1. The summed E-state index contributed by atoms with van der Waals surface area (Å²) in [5.74, 6) is 5.54. The Bertz CT molecular complexity index is 791. The molecule has 108 valence electrons. The second kappa shape index (κ2) is 6.39. The van der Waals surface area contributed by atoms with E-state index in [1.165, 1.54) is 12.4 Å². The third-order valence-electron chi connectivity index (χ3n) is 2.74. The first-order chi connectivity index (χ1) is 10.0. The number of sulfonamides is 1. The van der Waals surface area contributed by atoms with Gasteiger partial charge in [-0.15, -0.1) is 0 Å². The summed E-state index contributed by atoms with van der Waals surface area (Å²) < 4.78 is 27.4. The Morgan fingerprint density at radius 2 is 1.95 bits per heavy atom. The van der Waals surface area contributed by atoms with Crippen molar-refractivity contribution < 1.29 is 8.42 Å². The van der Waals surface area contributed by atoms with Gasteiger partial charge in [-0.3, -0.25) is 9.71 Å². The number of benzene rings is 1. The summed E-state index contributed by atoms with van der Waals surface area (Å²) in [5, 5.41) is 0. The van der Waals surface area contributed by atoms with Crippen LogP contribution in [-0.2, 0) is 10.0 Å². The van der Waals surface area contributed by atoms with E-state index in [2.05, 4.69) is 21.5 Å². The maximum Gasteiger partial charge on any atom is 0.262 e. The molecule has 0 radical (unpaired) electrons. The second-order valence-corrected chi connectivity index (χ2v) is 5.98. The van der Waals surface area contributed by atoms with Crippen molar-refractivity contribution in [3.05, 3.63) is 53.9 Å². The van der Waals surface area contributed by atoms with Gasteiger partial charge in [-0.25, -0.2) is 8.42 Å². The van der Waals surface area contributed by atoms with E-state index in [1.807, 2.05) is 0 Å². The van der Waals surface area contributed by atoms with E-state index < -0.39 is 10.0 Å². The van der Waals surface area contributed by atoms with Gasteiger partial charge in [-0.1, -0.05) is 17.9 Å². The molecule has 0 saturated carbocycles. The third-order valence-corrected chi connectivity index (χ3v) is 4.27. The number of nitrogens with one attached hydrogen (secondary N) is 1. The van der Waals surface area contributed by atoms with Crippen molar-refractivity contribution in [2.24, 2.45) is 5.73 Å². The molecule has 1 aromatic heterocycles. The fourth-order valence-electron chi connectivity index (χ4n) is 1.75. The van der Waals surface area contributed by atoms with Gasteiger partial charge in [0.05, 0.1) is 17.1 Å². The lowest BCUT2D eigenvalue weighted by Crippen LogP contribution is -2.14. The Morgan fingerprint density at radius 1 is 1.24 bits per heavy atom. The predicted molar refractivity (Wildman–Crippen MR) is 82.2 cm³/mol. The maximum absolute atomic E-state index is 12.4. The molecule has 0 saturated heterocycles. The SMILES string of the molecule is Cc1ccc(C#CCN)cc1S(=O)(=O)Nc1ccncc1. The maximum atomic E-state index is 12.4. The van der Waals surface area contributed by atoms with Gasteiger partial charge in [0, 0.05) is 18.0 Å². The Kier molecular flexibility index (Phi) is 4.58. The molecule has 0 atom stereocenters. The molecule has 0 aliphatic carbocycles. The van der Waals surface area contributed by atoms with E-state index in [9.17, 15) is 8.42 Å². The number of hydrogen-bond acceptors (Lipinski definition) is 4. The highest BCUT2D eigenvalue weighted by Crippen LogP contribution is 2.20. The van der Waals surface area contributed by atoms with Crippen molar-refractivity contribution >= 4 is 15.7 Å². The number of aromatic nitrogens is 1. The van der Waals surface area contributed by atoms with E-state index in [4.69, 9.17) is 5.73 Å². The van der Waals surface area contributed by atoms with E-state index in [-0.39, 0.29) is 11.4 Å². The minimum atomic E-state index is -3.67. The molecule has 1 heterocycles. The van der Waals surface area contributed by atoms with Crippen LogP contribution in [0.1, 0.15) is 11.1 Å². The van der Waals surface area contributed by atoms with Gasteiger partial charge in [-0.2, -0.15) is 0 Å². The van der Waals surface area contributed by atoms with Crippen LogP contribution in [0.5, 0.6) is 0 Å². The van der Waals surface area contributed by atoms with Gasteiger partial charge in [0.2, 0.25) is 0 Å². The summed E-state index contributed by atoms with van der Waals surface area (Å²) in [6, 6.07) is 8.21. The van der Waals surface area contributed by atoms with Crippen molar-refractivity contribution in [3.8, 4) is 11.8 Å². The molecule has 3 N–H and O–H groups in total. The molecule has 0 aliphatic rings. The normalized spacial score (nSPS) is 10.6. The zero-order valence-electron chi connectivity index (χ0n) is 11.5. The summed E-state index contributed by atoms with van der Waals surface area (Å²) in [6.45, 7) is 1.96. The van der Waals surface area contributed by atoms with Gasteiger partial charge in [-0.05, 0) is 36.8 Å². The molecule has 5 nitrogen and oxygen atoms in total. The Balaban J connectivity index is 2.39. The monoisotopic (exact) mass is 301 g/mol. The average molecular weight is 301 g/mol. The molecule has 0 aliphatic heterocycles. The summed E-state index contributed by atoms with van der Waals surface area (Å²) >= 11 is 0. The lowest BCUT2D eigenvalue weighted by molar-refractivity contribution is 0.600. The Labute approximate surface area is 124 Å². The van der Waals surface area contributed by atoms with Crippen molar-refractivity contribution in [1.29, 1.82) is 0 Å². The van der Waals surface area contributed by atoms with E-state index in [0.29, 0.717) is 16.8 Å².